The van der Waals surface area contributed by atoms with Gasteiger partial charge in [-0.2, -0.15) is 0 Å². The minimum absolute atomic E-state index is 0.0415. The third-order valence-corrected chi connectivity index (χ3v) is 3.28. The van der Waals surface area contributed by atoms with Crippen molar-refractivity contribution in [2.75, 3.05) is 10.6 Å². The molecule has 3 nitrogen and oxygen atoms in total. The summed E-state index contributed by atoms with van der Waals surface area (Å²) in [7, 11) is 0. The molecule has 2 rings (SSSR count). The fourth-order valence-corrected chi connectivity index (χ4v) is 2.02. The van der Waals surface area contributed by atoms with Crippen LogP contribution in [0.3, 0.4) is 0 Å². The van der Waals surface area contributed by atoms with Crippen LogP contribution in [-0.2, 0) is 4.79 Å². The first-order valence-corrected chi connectivity index (χ1v) is 6.96. The minimum atomic E-state index is -0.531. The number of terminal acetylenes is 1. The maximum Gasteiger partial charge on any atom is 0.246 e. The van der Waals surface area contributed by atoms with Gasteiger partial charge in [-0.05, 0) is 43.3 Å². The lowest BCUT2D eigenvalue weighted by Crippen LogP contribution is -2.31. The number of hydrogen-bond acceptors (Lipinski definition) is 2. The molecule has 0 aliphatic rings. The van der Waals surface area contributed by atoms with Crippen molar-refractivity contribution >= 4 is 28.9 Å². The fraction of sp³-hybridized carbons (Fsp3) is 0.118. The standard InChI is InChI=1S/C17H14ClFN2O/c1-3-12-5-4-6-13(9-12)20-11(2)17(22)21-14-7-8-16(19)15(18)10-14/h1,4-11,20H,2H3,(H,21,22)/t11-/m0/s1. The average Bonchev–Trinajstić information content (AvgIpc) is 2.51. The van der Waals surface area contributed by atoms with Crippen LogP contribution < -0.4 is 10.6 Å². The van der Waals surface area contributed by atoms with Gasteiger partial charge in [0.15, 0.2) is 0 Å². The van der Waals surface area contributed by atoms with E-state index in [1.54, 1.807) is 19.1 Å². The minimum Gasteiger partial charge on any atom is -0.374 e. The van der Waals surface area contributed by atoms with Crippen molar-refractivity contribution in [2.24, 2.45) is 0 Å². The monoisotopic (exact) mass is 316 g/mol. The highest BCUT2D eigenvalue weighted by Gasteiger charge is 2.13. The van der Waals surface area contributed by atoms with Crippen LogP contribution in [0, 0.1) is 18.2 Å². The maximum atomic E-state index is 13.1. The van der Waals surface area contributed by atoms with Crippen molar-refractivity contribution in [1.29, 1.82) is 0 Å². The molecule has 2 aromatic rings. The summed E-state index contributed by atoms with van der Waals surface area (Å²) in [6, 6.07) is 10.7. The van der Waals surface area contributed by atoms with Gasteiger partial charge in [-0.25, -0.2) is 4.39 Å². The number of nitrogens with one attached hydrogen (secondary N) is 2. The highest BCUT2D eigenvalue weighted by molar-refractivity contribution is 6.31. The Hall–Kier alpha value is -2.51. The molecule has 1 amide bonds. The van der Waals surface area contributed by atoms with E-state index < -0.39 is 11.9 Å². The second-order valence-electron chi connectivity index (χ2n) is 4.71. The number of anilines is 2. The first-order valence-electron chi connectivity index (χ1n) is 6.58. The number of carbonyl (C=O) groups is 1. The summed E-state index contributed by atoms with van der Waals surface area (Å²) in [5, 5.41) is 5.67. The van der Waals surface area contributed by atoms with E-state index in [1.807, 2.05) is 12.1 Å². The number of carbonyl (C=O) groups excluding carboxylic acids is 1. The van der Waals surface area contributed by atoms with Crippen LogP contribution >= 0.6 is 11.6 Å². The zero-order chi connectivity index (χ0) is 16.1. The van der Waals surface area contributed by atoms with Gasteiger partial charge in [-0.1, -0.05) is 23.6 Å². The number of benzene rings is 2. The van der Waals surface area contributed by atoms with Gasteiger partial charge < -0.3 is 10.6 Å². The van der Waals surface area contributed by atoms with Gasteiger partial charge in [0.25, 0.3) is 0 Å². The third-order valence-electron chi connectivity index (χ3n) is 2.99. The van der Waals surface area contributed by atoms with Crippen LogP contribution in [0.1, 0.15) is 12.5 Å². The SMILES string of the molecule is C#Cc1cccc(N[C@@H](C)C(=O)Nc2ccc(F)c(Cl)c2)c1. The molecule has 0 spiro atoms. The Morgan fingerprint density at radius 3 is 2.73 bits per heavy atom. The van der Waals surface area contributed by atoms with Crippen LogP contribution in [0.4, 0.5) is 15.8 Å². The second kappa shape index (κ2) is 6.97. The van der Waals surface area contributed by atoms with E-state index in [2.05, 4.69) is 16.6 Å². The summed E-state index contributed by atoms with van der Waals surface area (Å²) in [4.78, 5) is 12.1. The van der Waals surface area contributed by atoms with E-state index in [1.165, 1.54) is 18.2 Å². The van der Waals surface area contributed by atoms with Crippen molar-refractivity contribution in [3.05, 3.63) is 58.9 Å². The number of hydrogen-bond donors (Lipinski definition) is 2. The molecular formula is C17H14ClFN2O. The molecule has 5 heteroatoms. The van der Waals surface area contributed by atoms with Crippen molar-refractivity contribution in [2.45, 2.75) is 13.0 Å². The van der Waals surface area contributed by atoms with Gasteiger partial charge in [-0.3, -0.25) is 4.79 Å². The molecule has 0 saturated carbocycles. The van der Waals surface area contributed by atoms with Gasteiger partial charge in [-0.15, -0.1) is 6.42 Å². The van der Waals surface area contributed by atoms with Crippen molar-refractivity contribution in [1.82, 2.24) is 0 Å². The quantitative estimate of drug-likeness (QED) is 0.840. The number of amides is 1. The van der Waals surface area contributed by atoms with Crippen LogP contribution in [0.25, 0.3) is 0 Å². The molecule has 0 saturated heterocycles. The second-order valence-corrected chi connectivity index (χ2v) is 5.12. The topological polar surface area (TPSA) is 41.1 Å². The van der Waals surface area contributed by atoms with Gasteiger partial charge in [0.2, 0.25) is 5.91 Å². The highest BCUT2D eigenvalue weighted by atomic mass is 35.5. The predicted octanol–water partition coefficient (Wildman–Crippen LogP) is 3.90. The Kier molecular flexibility index (Phi) is 5.03. The molecule has 0 fully saturated rings. The summed E-state index contributed by atoms with van der Waals surface area (Å²) in [6.07, 6.45) is 5.34. The number of rotatable bonds is 4. The van der Waals surface area contributed by atoms with Crippen molar-refractivity contribution in [3.8, 4) is 12.3 Å². The van der Waals surface area contributed by atoms with E-state index in [0.29, 0.717) is 5.69 Å². The lowest BCUT2D eigenvalue weighted by molar-refractivity contribution is -0.116. The molecule has 1 atom stereocenters. The number of halogens is 2. The van der Waals surface area contributed by atoms with E-state index in [0.717, 1.165) is 11.3 Å². The van der Waals surface area contributed by atoms with Gasteiger partial charge in [0.05, 0.1) is 5.02 Å². The molecule has 0 aromatic heterocycles. The zero-order valence-corrected chi connectivity index (χ0v) is 12.6. The fourth-order valence-electron chi connectivity index (χ4n) is 1.84. The van der Waals surface area contributed by atoms with Crippen LogP contribution in [0.2, 0.25) is 5.02 Å². The average molecular weight is 317 g/mol. The summed E-state index contributed by atoms with van der Waals surface area (Å²) in [5.41, 5.74) is 1.90. The molecule has 0 unspecified atom stereocenters. The smallest absolute Gasteiger partial charge is 0.246 e. The largest absolute Gasteiger partial charge is 0.374 e. The van der Waals surface area contributed by atoms with E-state index in [9.17, 15) is 9.18 Å². The Morgan fingerprint density at radius 2 is 2.05 bits per heavy atom. The first kappa shape index (κ1) is 15.9. The van der Waals surface area contributed by atoms with Crippen molar-refractivity contribution in [3.63, 3.8) is 0 Å². The van der Waals surface area contributed by atoms with Gasteiger partial charge in [0, 0.05) is 16.9 Å². The summed E-state index contributed by atoms with van der Waals surface area (Å²) in [5.74, 6) is 1.73. The zero-order valence-electron chi connectivity index (χ0n) is 11.9. The molecule has 2 N–H and O–H groups in total. The van der Waals surface area contributed by atoms with Gasteiger partial charge in [0.1, 0.15) is 11.9 Å². The first-order chi connectivity index (χ1) is 10.5. The Labute approximate surface area is 133 Å². The molecule has 2 aromatic carbocycles. The highest BCUT2D eigenvalue weighted by Crippen LogP contribution is 2.19. The molecular weight excluding hydrogens is 303 g/mol. The lowest BCUT2D eigenvalue weighted by Gasteiger charge is -2.15. The van der Waals surface area contributed by atoms with Crippen LogP contribution in [0.15, 0.2) is 42.5 Å². The van der Waals surface area contributed by atoms with Crippen molar-refractivity contribution < 1.29 is 9.18 Å². The molecule has 112 valence electrons. The predicted molar refractivity (Wildman–Crippen MR) is 87.5 cm³/mol. The molecule has 0 radical (unpaired) electrons. The van der Waals surface area contributed by atoms with E-state index in [-0.39, 0.29) is 10.9 Å². The normalized spacial score (nSPS) is 11.4. The Bertz CT molecular complexity index is 740. The maximum absolute atomic E-state index is 13.1. The summed E-state index contributed by atoms with van der Waals surface area (Å²) in [6.45, 7) is 1.71. The Balaban J connectivity index is 2.02. The van der Waals surface area contributed by atoms with Crippen LogP contribution in [-0.4, -0.2) is 11.9 Å². The molecule has 0 aliphatic heterocycles. The molecule has 0 heterocycles. The van der Waals surface area contributed by atoms with Gasteiger partial charge >= 0.3 is 0 Å². The molecule has 0 bridgehead atoms. The summed E-state index contributed by atoms with van der Waals surface area (Å²) < 4.78 is 13.1. The van der Waals surface area contributed by atoms with E-state index in [4.69, 9.17) is 18.0 Å². The third kappa shape index (κ3) is 4.00. The molecule has 0 aliphatic carbocycles. The van der Waals surface area contributed by atoms with Crippen LogP contribution in [0.5, 0.6) is 0 Å². The molecule has 22 heavy (non-hydrogen) atoms. The summed E-state index contributed by atoms with van der Waals surface area (Å²) >= 11 is 5.68. The Morgan fingerprint density at radius 1 is 1.27 bits per heavy atom. The van der Waals surface area contributed by atoms with E-state index >= 15 is 0 Å². The lowest BCUT2D eigenvalue weighted by atomic mass is 10.2.